The Kier molecular flexibility index (Phi) is 2.51. The van der Waals surface area contributed by atoms with Crippen LogP contribution in [0.4, 0.5) is 5.82 Å². The Bertz CT molecular complexity index is 481. The zero-order chi connectivity index (χ0) is 11.8. The van der Waals surface area contributed by atoms with Crippen LogP contribution in [-0.4, -0.2) is 11.0 Å². The molecule has 1 fully saturated rings. The summed E-state index contributed by atoms with van der Waals surface area (Å²) in [6.07, 6.45) is 5.72. The molecular formula is C14H17N3. The van der Waals surface area contributed by atoms with E-state index in [4.69, 9.17) is 0 Å². The van der Waals surface area contributed by atoms with E-state index >= 15 is 0 Å². The largest absolute Gasteiger partial charge is 0.366 e. The lowest BCUT2D eigenvalue weighted by molar-refractivity contribution is 0.308. The van der Waals surface area contributed by atoms with Crippen molar-refractivity contribution < 1.29 is 0 Å². The van der Waals surface area contributed by atoms with Gasteiger partial charge in [0.1, 0.15) is 11.9 Å². The van der Waals surface area contributed by atoms with Crippen molar-refractivity contribution in [3.05, 3.63) is 22.9 Å². The van der Waals surface area contributed by atoms with Gasteiger partial charge in [-0.3, -0.25) is 0 Å². The molecule has 0 aromatic carbocycles. The average molecular weight is 227 g/mol. The van der Waals surface area contributed by atoms with Crippen molar-refractivity contribution >= 4 is 5.82 Å². The van der Waals surface area contributed by atoms with E-state index in [0.717, 1.165) is 24.6 Å². The second-order valence-electron chi connectivity index (χ2n) is 5.37. The van der Waals surface area contributed by atoms with Crippen molar-refractivity contribution in [3.8, 4) is 6.07 Å². The van der Waals surface area contributed by atoms with E-state index in [9.17, 15) is 5.26 Å². The molecule has 1 aromatic rings. The highest BCUT2D eigenvalue weighted by atomic mass is 15.0. The summed E-state index contributed by atoms with van der Waals surface area (Å²) in [4.78, 5) is 4.64. The van der Waals surface area contributed by atoms with Crippen LogP contribution in [0.2, 0.25) is 0 Å². The van der Waals surface area contributed by atoms with E-state index in [1.54, 1.807) is 0 Å². The third-order valence-corrected chi connectivity index (χ3v) is 3.89. The second-order valence-corrected chi connectivity index (χ2v) is 5.37. The summed E-state index contributed by atoms with van der Waals surface area (Å²) in [5.41, 5.74) is 3.18. The summed E-state index contributed by atoms with van der Waals surface area (Å²) < 4.78 is 0. The van der Waals surface area contributed by atoms with Crippen molar-refractivity contribution in [2.24, 2.45) is 5.92 Å². The maximum atomic E-state index is 9.18. The van der Waals surface area contributed by atoms with Crippen LogP contribution in [0.5, 0.6) is 0 Å². The van der Waals surface area contributed by atoms with Gasteiger partial charge in [0.25, 0.3) is 0 Å². The summed E-state index contributed by atoms with van der Waals surface area (Å²) in [5.74, 6) is 1.62. The smallest absolute Gasteiger partial charge is 0.144 e. The summed E-state index contributed by atoms with van der Waals surface area (Å²) in [7, 11) is 0. The van der Waals surface area contributed by atoms with Crippen LogP contribution in [-0.2, 0) is 12.8 Å². The molecule has 88 valence electrons. The standard InChI is InChI=1S/C14H17N3/c1-9-5-12(6-9)16-14-11(8-15)7-10-3-2-4-13(10)17-14/h7,9,12H,2-6H2,1H3,(H,16,17). The second kappa shape index (κ2) is 4.03. The number of pyridine rings is 1. The summed E-state index contributed by atoms with van der Waals surface area (Å²) in [6.45, 7) is 2.26. The normalized spacial score (nSPS) is 25.9. The van der Waals surface area contributed by atoms with Gasteiger partial charge in [-0.1, -0.05) is 6.92 Å². The zero-order valence-electron chi connectivity index (χ0n) is 10.2. The molecule has 0 radical (unpaired) electrons. The van der Waals surface area contributed by atoms with E-state index in [1.807, 2.05) is 6.07 Å². The Morgan fingerprint density at radius 1 is 1.41 bits per heavy atom. The molecule has 2 aliphatic carbocycles. The van der Waals surface area contributed by atoms with Gasteiger partial charge in [-0.15, -0.1) is 0 Å². The number of aromatic nitrogens is 1. The number of nitrogens with zero attached hydrogens (tertiary/aromatic N) is 2. The molecule has 3 rings (SSSR count). The molecular weight excluding hydrogens is 210 g/mol. The highest BCUT2D eigenvalue weighted by Gasteiger charge is 2.26. The first-order chi connectivity index (χ1) is 8.26. The van der Waals surface area contributed by atoms with Crippen molar-refractivity contribution in [1.82, 2.24) is 4.98 Å². The van der Waals surface area contributed by atoms with Crippen LogP contribution >= 0.6 is 0 Å². The number of anilines is 1. The molecule has 0 aliphatic heterocycles. The quantitative estimate of drug-likeness (QED) is 0.845. The lowest BCUT2D eigenvalue weighted by Gasteiger charge is -2.33. The molecule has 1 N–H and O–H groups in total. The third-order valence-electron chi connectivity index (χ3n) is 3.89. The minimum Gasteiger partial charge on any atom is -0.366 e. The molecule has 1 heterocycles. The van der Waals surface area contributed by atoms with E-state index in [0.29, 0.717) is 11.6 Å². The van der Waals surface area contributed by atoms with Crippen LogP contribution in [0.15, 0.2) is 6.07 Å². The van der Waals surface area contributed by atoms with Crippen LogP contribution in [0.25, 0.3) is 0 Å². The lowest BCUT2D eigenvalue weighted by atomic mass is 9.82. The van der Waals surface area contributed by atoms with Crippen LogP contribution in [0.1, 0.15) is 43.0 Å². The number of fused-ring (bicyclic) bond motifs is 1. The lowest BCUT2D eigenvalue weighted by Crippen LogP contribution is -2.34. The fraction of sp³-hybridized carbons (Fsp3) is 0.571. The molecule has 1 aromatic heterocycles. The fourth-order valence-electron chi connectivity index (χ4n) is 2.88. The molecule has 1 saturated carbocycles. The highest BCUT2D eigenvalue weighted by molar-refractivity contribution is 5.55. The monoisotopic (exact) mass is 227 g/mol. The van der Waals surface area contributed by atoms with Crippen molar-refractivity contribution in [2.75, 3.05) is 5.32 Å². The van der Waals surface area contributed by atoms with Gasteiger partial charge in [0.15, 0.2) is 0 Å². The van der Waals surface area contributed by atoms with E-state index in [1.165, 1.54) is 30.5 Å². The predicted molar refractivity (Wildman–Crippen MR) is 66.8 cm³/mol. The summed E-state index contributed by atoms with van der Waals surface area (Å²) in [5, 5.41) is 12.6. The fourth-order valence-corrected chi connectivity index (χ4v) is 2.88. The van der Waals surface area contributed by atoms with Crippen LogP contribution in [0, 0.1) is 17.2 Å². The van der Waals surface area contributed by atoms with Gasteiger partial charge in [0.05, 0.1) is 5.56 Å². The summed E-state index contributed by atoms with van der Waals surface area (Å²) in [6, 6.07) is 4.81. The zero-order valence-corrected chi connectivity index (χ0v) is 10.2. The molecule has 0 unspecified atom stereocenters. The molecule has 0 amide bonds. The predicted octanol–water partition coefficient (Wildman–Crippen LogP) is 2.65. The van der Waals surface area contributed by atoms with Crippen LogP contribution < -0.4 is 5.32 Å². The van der Waals surface area contributed by atoms with Gasteiger partial charge < -0.3 is 5.32 Å². The van der Waals surface area contributed by atoms with E-state index < -0.39 is 0 Å². The van der Waals surface area contributed by atoms with Gasteiger partial charge in [-0.05, 0) is 49.7 Å². The average Bonchev–Trinajstić information content (AvgIpc) is 2.72. The van der Waals surface area contributed by atoms with Gasteiger partial charge in [0, 0.05) is 11.7 Å². The Balaban J connectivity index is 1.85. The SMILES string of the molecule is CC1CC(Nc2nc3c(cc2C#N)CCC3)C1. The first kappa shape index (κ1) is 10.6. The number of nitrogens with one attached hydrogen (secondary N) is 1. The molecule has 0 saturated heterocycles. The Morgan fingerprint density at radius 3 is 2.94 bits per heavy atom. The molecule has 17 heavy (non-hydrogen) atoms. The van der Waals surface area contributed by atoms with Crippen molar-refractivity contribution in [1.29, 1.82) is 5.26 Å². The minimum absolute atomic E-state index is 0.518. The minimum atomic E-state index is 0.518. The topological polar surface area (TPSA) is 48.7 Å². The molecule has 2 aliphatic rings. The molecule has 0 atom stereocenters. The highest BCUT2D eigenvalue weighted by Crippen LogP contribution is 2.31. The number of hydrogen-bond donors (Lipinski definition) is 1. The van der Waals surface area contributed by atoms with E-state index in [2.05, 4.69) is 23.3 Å². The van der Waals surface area contributed by atoms with Gasteiger partial charge in [-0.25, -0.2) is 4.98 Å². The molecule has 3 heteroatoms. The molecule has 0 bridgehead atoms. The number of hydrogen-bond acceptors (Lipinski definition) is 3. The first-order valence-corrected chi connectivity index (χ1v) is 6.45. The van der Waals surface area contributed by atoms with Gasteiger partial charge in [-0.2, -0.15) is 5.26 Å². The Hall–Kier alpha value is -1.56. The van der Waals surface area contributed by atoms with Gasteiger partial charge in [0.2, 0.25) is 0 Å². The number of rotatable bonds is 2. The molecule has 0 spiro atoms. The summed E-state index contributed by atoms with van der Waals surface area (Å²) >= 11 is 0. The third kappa shape index (κ3) is 1.88. The Labute approximate surface area is 102 Å². The molecule has 3 nitrogen and oxygen atoms in total. The maximum absolute atomic E-state index is 9.18. The number of nitriles is 1. The van der Waals surface area contributed by atoms with E-state index in [-0.39, 0.29) is 0 Å². The van der Waals surface area contributed by atoms with Crippen molar-refractivity contribution in [2.45, 2.75) is 45.1 Å². The Morgan fingerprint density at radius 2 is 2.24 bits per heavy atom. The van der Waals surface area contributed by atoms with Crippen LogP contribution in [0.3, 0.4) is 0 Å². The number of aryl methyl sites for hydroxylation is 2. The van der Waals surface area contributed by atoms with Crippen molar-refractivity contribution in [3.63, 3.8) is 0 Å². The maximum Gasteiger partial charge on any atom is 0.144 e. The first-order valence-electron chi connectivity index (χ1n) is 6.45. The van der Waals surface area contributed by atoms with Gasteiger partial charge >= 0.3 is 0 Å².